The quantitative estimate of drug-likeness (QED) is 0.800. The molecule has 2 N–H and O–H groups in total. The number of fused-ring (bicyclic) bond motifs is 1. The molecule has 1 aliphatic rings. The number of hydrogen-bond donors (Lipinski definition) is 2. The van der Waals surface area contributed by atoms with Gasteiger partial charge >= 0.3 is 0 Å². The van der Waals surface area contributed by atoms with Crippen LogP contribution in [0.25, 0.3) is 0 Å². The van der Waals surface area contributed by atoms with Gasteiger partial charge in [-0.2, -0.15) is 0 Å². The first-order valence-corrected chi connectivity index (χ1v) is 8.52. The molecule has 3 rings (SSSR count). The number of hydrogen-bond acceptors (Lipinski definition) is 4. The van der Waals surface area contributed by atoms with Crippen molar-refractivity contribution in [2.75, 3.05) is 23.8 Å². The van der Waals surface area contributed by atoms with Gasteiger partial charge in [0.2, 0.25) is 11.8 Å². The lowest BCUT2D eigenvalue weighted by Gasteiger charge is -2.24. The van der Waals surface area contributed by atoms with Crippen LogP contribution in [0.4, 0.5) is 11.4 Å². The topological polar surface area (TPSA) is 76.7 Å². The van der Waals surface area contributed by atoms with Gasteiger partial charge in [0.05, 0.1) is 0 Å². The van der Waals surface area contributed by atoms with E-state index in [9.17, 15) is 9.59 Å². The Balaban J connectivity index is 1.70. The van der Waals surface area contributed by atoms with Crippen LogP contribution in [0.2, 0.25) is 5.02 Å². The molecule has 1 heterocycles. The lowest BCUT2D eigenvalue weighted by atomic mass is 9.90. The molecule has 2 amide bonds. The van der Waals surface area contributed by atoms with Gasteiger partial charge in [0.15, 0.2) is 11.5 Å². The lowest BCUT2D eigenvalue weighted by Crippen LogP contribution is -2.41. The maximum atomic E-state index is 12.6. The molecule has 0 fully saturated rings. The zero-order valence-electron chi connectivity index (χ0n) is 14.5. The molecule has 1 aliphatic heterocycles. The minimum Gasteiger partial charge on any atom is -0.486 e. The minimum absolute atomic E-state index is 0.435. The fourth-order valence-electron chi connectivity index (χ4n) is 2.37. The van der Waals surface area contributed by atoms with Crippen molar-refractivity contribution in [1.29, 1.82) is 0 Å². The summed E-state index contributed by atoms with van der Waals surface area (Å²) >= 11 is 5.92. The number of halogens is 1. The Morgan fingerprint density at radius 1 is 0.923 bits per heavy atom. The predicted octanol–water partition coefficient (Wildman–Crippen LogP) is 3.71. The van der Waals surface area contributed by atoms with Gasteiger partial charge in [-0.25, -0.2) is 0 Å². The normalized spacial score (nSPS) is 13.0. The van der Waals surface area contributed by atoms with Crippen molar-refractivity contribution < 1.29 is 19.1 Å². The molecule has 0 bridgehead atoms. The van der Waals surface area contributed by atoms with Crippen molar-refractivity contribution in [2.24, 2.45) is 5.41 Å². The Morgan fingerprint density at radius 3 is 2.19 bits per heavy atom. The molecular formula is C19H19ClN2O4. The monoisotopic (exact) mass is 374 g/mol. The van der Waals surface area contributed by atoms with E-state index in [0.717, 1.165) is 0 Å². The predicted molar refractivity (Wildman–Crippen MR) is 99.9 cm³/mol. The molecule has 0 unspecified atom stereocenters. The largest absolute Gasteiger partial charge is 0.486 e. The van der Waals surface area contributed by atoms with E-state index < -0.39 is 17.2 Å². The fraction of sp³-hybridized carbons (Fsp3) is 0.263. The van der Waals surface area contributed by atoms with Gasteiger partial charge in [-0.15, -0.1) is 0 Å². The molecule has 6 nitrogen and oxygen atoms in total. The van der Waals surface area contributed by atoms with Crippen molar-refractivity contribution in [3.8, 4) is 11.5 Å². The van der Waals surface area contributed by atoms with Gasteiger partial charge < -0.3 is 20.1 Å². The third-order valence-electron chi connectivity index (χ3n) is 4.02. The first kappa shape index (κ1) is 18.1. The van der Waals surface area contributed by atoms with Crippen LogP contribution in [0.15, 0.2) is 42.5 Å². The van der Waals surface area contributed by atoms with Crippen LogP contribution in [-0.4, -0.2) is 25.0 Å². The van der Waals surface area contributed by atoms with Gasteiger partial charge in [0, 0.05) is 22.5 Å². The summed E-state index contributed by atoms with van der Waals surface area (Å²) in [5.41, 5.74) is -0.235. The molecule has 2 aromatic carbocycles. The van der Waals surface area contributed by atoms with Crippen LogP contribution in [0, 0.1) is 5.41 Å². The summed E-state index contributed by atoms with van der Waals surface area (Å²) in [4.78, 5) is 25.2. The highest BCUT2D eigenvalue weighted by molar-refractivity contribution is 6.31. The zero-order valence-corrected chi connectivity index (χ0v) is 15.2. The Kier molecular flexibility index (Phi) is 5.04. The van der Waals surface area contributed by atoms with Gasteiger partial charge in [-0.3, -0.25) is 9.59 Å². The molecule has 7 heteroatoms. The second-order valence-electron chi connectivity index (χ2n) is 6.40. The van der Waals surface area contributed by atoms with Crippen LogP contribution in [-0.2, 0) is 9.59 Å². The fourth-order valence-corrected chi connectivity index (χ4v) is 2.56. The summed E-state index contributed by atoms with van der Waals surface area (Å²) in [7, 11) is 0. The highest BCUT2D eigenvalue weighted by atomic mass is 35.5. The van der Waals surface area contributed by atoms with Crippen molar-refractivity contribution in [2.45, 2.75) is 13.8 Å². The standard InChI is InChI=1S/C19H19ClN2O4/c1-19(2,17(23)21-13-5-3-4-12(20)10-13)18(24)22-14-6-7-15-16(11-14)26-9-8-25-15/h3-7,10-11H,8-9H2,1-2H3,(H,21,23)(H,22,24). The molecule has 0 spiro atoms. The number of ether oxygens (including phenoxy) is 2. The summed E-state index contributed by atoms with van der Waals surface area (Å²) in [5, 5.41) is 5.96. The van der Waals surface area contributed by atoms with E-state index in [2.05, 4.69) is 10.6 Å². The van der Waals surface area contributed by atoms with Crippen molar-refractivity contribution in [3.63, 3.8) is 0 Å². The maximum Gasteiger partial charge on any atom is 0.239 e. The van der Waals surface area contributed by atoms with E-state index in [4.69, 9.17) is 21.1 Å². The average molecular weight is 375 g/mol. The smallest absolute Gasteiger partial charge is 0.239 e. The van der Waals surface area contributed by atoms with Crippen LogP contribution in [0.1, 0.15) is 13.8 Å². The number of carbonyl (C=O) groups excluding carboxylic acids is 2. The van der Waals surface area contributed by atoms with Crippen LogP contribution in [0.5, 0.6) is 11.5 Å². The number of benzene rings is 2. The Hall–Kier alpha value is -2.73. The van der Waals surface area contributed by atoms with Crippen LogP contribution in [0.3, 0.4) is 0 Å². The zero-order chi connectivity index (χ0) is 18.7. The van der Waals surface area contributed by atoms with Crippen LogP contribution < -0.4 is 20.1 Å². The number of nitrogens with one attached hydrogen (secondary N) is 2. The molecule has 26 heavy (non-hydrogen) atoms. The summed E-state index contributed by atoms with van der Waals surface area (Å²) in [6.45, 7) is 4.06. The number of carbonyl (C=O) groups is 2. The average Bonchev–Trinajstić information content (AvgIpc) is 2.61. The van der Waals surface area contributed by atoms with Crippen molar-refractivity contribution in [1.82, 2.24) is 0 Å². The number of rotatable bonds is 4. The molecular weight excluding hydrogens is 356 g/mol. The molecule has 0 saturated heterocycles. The summed E-state index contributed by atoms with van der Waals surface area (Å²) in [5.74, 6) is 0.325. The third kappa shape index (κ3) is 3.91. The van der Waals surface area contributed by atoms with E-state index in [1.807, 2.05) is 0 Å². The Labute approximate surface area is 156 Å². The molecule has 0 aliphatic carbocycles. The second kappa shape index (κ2) is 7.25. The Morgan fingerprint density at radius 2 is 1.54 bits per heavy atom. The van der Waals surface area contributed by atoms with E-state index in [1.54, 1.807) is 56.3 Å². The molecule has 0 saturated carbocycles. The van der Waals surface area contributed by atoms with E-state index in [1.165, 1.54) is 0 Å². The number of anilines is 2. The van der Waals surface area contributed by atoms with Crippen LogP contribution >= 0.6 is 11.6 Å². The van der Waals surface area contributed by atoms with Gasteiger partial charge in [0.1, 0.15) is 18.6 Å². The molecule has 0 aromatic heterocycles. The van der Waals surface area contributed by atoms with Gasteiger partial charge in [-0.1, -0.05) is 17.7 Å². The lowest BCUT2D eigenvalue weighted by molar-refractivity contribution is -0.135. The first-order valence-electron chi connectivity index (χ1n) is 8.14. The van der Waals surface area contributed by atoms with E-state index >= 15 is 0 Å². The van der Waals surface area contributed by atoms with Gasteiger partial charge in [-0.05, 0) is 44.2 Å². The van der Waals surface area contributed by atoms with Crippen molar-refractivity contribution in [3.05, 3.63) is 47.5 Å². The highest BCUT2D eigenvalue weighted by Gasteiger charge is 2.36. The van der Waals surface area contributed by atoms with Gasteiger partial charge in [0.25, 0.3) is 0 Å². The molecule has 136 valence electrons. The molecule has 0 atom stereocenters. The highest BCUT2D eigenvalue weighted by Crippen LogP contribution is 2.33. The maximum absolute atomic E-state index is 12.6. The van der Waals surface area contributed by atoms with E-state index in [0.29, 0.717) is 41.1 Å². The SMILES string of the molecule is CC(C)(C(=O)Nc1cccc(Cl)c1)C(=O)Nc1ccc2c(c1)OCCO2. The first-order chi connectivity index (χ1) is 12.4. The second-order valence-corrected chi connectivity index (χ2v) is 6.84. The van der Waals surface area contributed by atoms with E-state index in [-0.39, 0.29) is 0 Å². The molecule has 0 radical (unpaired) electrons. The Bertz CT molecular complexity index is 851. The summed E-state index contributed by atoms with van der Waals surface area (Å²) in [6, 6.07) is 11.9. The third-order valence-corrected chi connectivity index (χ3v) is 4.25. The van der Waals surface area contributed by atoms with Crippen molar-refractivity contribution >= 4 is 34.8 Å². The summed E-state index contributed by atoms with van der Waals surface area (Å²) in [6.07, 6.45) is 0. The number of amides is 2. The summed E-state index contributed by atoms with van der Waals surface area (Å²) < 4.78 is 11.0. The molecule has 2 aromatic rings. The minimum atomic E-state index is -1.30.